The molecule has 0 spiro atoms. The normalized spacial score (nSPS) is 26.6. The quantitative estimate of drug-likeness (QED) is 0.900. The van der Waals surface area contributed by atoms with Crippen LogP contribution in [0.15, 0.2) is 10.7 Å². The fourth-order valence-corrected chi connectivity index (χ4v) is 3.45. The topological polar surface area (TPSA) is 44.5 Å². The van der Waals surface area contributed by atoms with Gasteiger partial charge in [0.1, 0.15) is 6.26 Å². The van der Waals surface area contributed by atoms with Gasteiger partial charge < -0.3 is 14.6 Å². The average molecular weight is 292 g/mol. The predicted molar refractivity (Wildman–Crippen MR) is 84.5 cm³/mol. The van der Waals surface area contributed by atoms with Crippen LogP contribution < -0.4 is 10.2 Å². The van der Waals surface area contributed by atoms with E-state index in [1.54, 1.807) is 6.26 Å². The summed E-state index contributed by atoms with van der Waals surface area (Å²) in [5.41, 5.74) is 1.01. The molecule has 2 fully saturated rings. The first-order chi connectivity index (χ1) is 10.1. The number of nitrogens with one attached hydrogen (secondary N) is 1. The monoisotopic (exact) mass is 292 g/mol. The number of oxazole rings is 1. The van der Waals surface area contributed by atoms with Crippen LogP contribution in [0.4, 0.5) is 6.01 Å². The lowest BCUT2D eigenvalue weighted by Gasteiger charge is -2.41. The van der Waals surface area contributed by atoms with Gasteiger partial charge >= 0.3 is 0 Å². The van der Waals surface area contributed by atoms with Crippen molar-refractivity contribution in [3.05, 3.63) is 12.0 Å². The fraction of sp³-hybridized carbons (Fsp3) is 0.812. The number of hydrogen-bond donors (Lipinski definition) is 1. The van der Waals surface area contributed by atoms with Gasteiger partial charge in [-0.15, -0.1) is 0 Å². The second-order valence-corrected chi connectivity index (χ2v) is 6.94. The van der Waals surface area contributed by atoms with E-state index in [9.17, 15) is 0 Å². The summed E-state index contributed by atoms with van der Waals surface area (Å²) in [7, 11) is 0. The van der Waals surface area contributed by atoms with Crippen molar-refractivity contribution in [2.24, 2.45) is 5.92 Å². The molecule has 1 N–H and O–H groups in total. The standard InChI is InChI=1S/C16H28N4O/c1-12(2)7-17-8-14-11-21-16(18-14)20-10-15-5-4-6-19(15)9-13(20)3/h11-13,15,17H,4-10H2,1-3H3. The van der Waals surface area contributed by atoms with Crippen LogP contribution in [0.5, 0.6) is 0 Å². The van der Waals surface area contributed by atoms with Crippen molar-refractivity contribution >= 4 is 6.01 Å². The van der Waals surface area contributed by atoms with Crippen LogP contribution in [-0.4, -0.2) is 48.1 Å². The lowest BCUT2D eigenvalue weighted by Crippen LogP contribution is -2.55. The molecule has 2 atom stereocenters. The Morgan fingerprint density at radius 3 is 3.10 bits per heavy atom. The molecule has 3 rings (SSSR count). The van der Waals surface area contributed by atoms with Crippen molar-refractivity contribution in [2.75, 3.05) is 31.1 Å². The number of rotatable bonds is 5. The summed E-state index contributed by atoms with van der Waals surface area (Å²) in [4.78, 5) is 9.64. The summed E-state index contributed by atoms with van der Waals surface area (Å²) in [5.74, 6) is 0.659. The Labute approximate surface area is 127 Å². The molecule has 118 valence electrons. The van der Waals surface area contributed by atoms with Crippen LogP contribution >= 0.6 is 0 Å². The third-order valence-electron chi connectivity index (χ3n) is 4.58. The molecule has 0 bridgehead atoms. The third kappa shape index (κ3) is 3.40. The van der Waals surface area contributed by atoms with E-state index in [0.717, 1.165) is 37.9 Å². The van der Waals surface area contributed by atoms with Crippen LogP contribution in [0.1, 0.15) is 39.3 Å². The zero-order valence-electron chi connectivity index (χ0n) is 13.5. The molecule has 2 aliphatic heterocycles. The minimum absolute atomic E-state index is 0.481. The lowest BCUT2D eigenvalue weighted by atomic mass is 10.1. The summed E-state index contributed by atoms with van der Waals surface area (Å²) in [6.07, 6.45) is 4.45. The Bertz CT molecular complexity index is 459. The minimum atomic E-state index is 0.481. The largest absolute Gasteiger partial charge is 0.432 e. The number of anilines is 1. The van der Waals surface area contributed by atoms with Gasteiger partial charge in [-0.2, -0.15) is 4.98 Å². The van der Waals surface area contributed by atoms with E-state index >= 15 is 0 Å². The van der Waals surface area contributed by atoms with Gasteiger partial charge in [0.15, 0.2) is 0 Å². The highest BCUT2D eigenvalue weighted by Gasteiger charge is 2.36. The van der Waals surface area contributed by atoms with E-state index in [1.807, 2.05) is 0 Å². The third-order valence-corrected chi connectivity index (χ3v) is 4.58. The van der Waals surface area contributed by atoms with Crippen molar-refractivity contribution in [1.29, 1.82) is 0 Å². The number of nitrogens with zero attached hydrogens (tertiary/aromatic N) is 3. The van der Waals surface area contributed by atoms with E-state index in [2.05, 4.69) is 40.9 Å². The van der Waals surface area contributed by atoms with Gasteiger partial charge in [-0.3, -0.25) is 4.90 Å². The smallest absolute Gasteiger partial charge is 0.297 e. The maximum absolute atomic E-state index is 5.74. The van der Waals surface area contributed by atoms with Crippen LogP contribution in [0.25, 0.3) is 0 Å². The fourth-order valence-electron chi connectivity index (χ4n) is 3.45. The van der Waals surface area contributed by atoms with E-state index in [-0.39, 0.29) is 0 Å². The summed E-state index contributed by atoms with van der Waals surface area (Å²) >= 11 is 0. The summed E-state index contributed by atoms with van der Waals surface area (Å²) in [5, 5.41) is 3.42. The number of hydrogen-bond acceptors (Lipinski definition) is 5. The maximum Gasteiger partial charge on any atom is 0.297 e. The van der Waals surface area contributed by atoms with E-state index in [1.165, 1.54) is 19.4 Å². The van der Waals surface area contributed by atoms with Gasteiger partial charge in [-0.1, -0.05) is 13.8 Å². The van der Waals surface area contributed by atoms with Crippen LogP contribution in [0.3, 0.4) is 0 Å². The molecular weight excluding hydrogens is 264 g/mol. The second-order valence-electron chi connectivity index (χ2n) is 6.94. The predicted octanol–water partition coefficient (Wildman–Crippen LogP) is 2.09. The Morgan fingerprint density at radius 1 is 1.43 bits per heavy atom. The van der Waals surface area contributed by atoms with Crippen molar-refractivity contribution < 1.29 is 4.42 Å². The van der Waals surface area contributed by atoms with Gasteiger partial charge in [0.25, 0.3) is 6.01 Å². The molecule has 2 aliphatic rings. The van der Waals surface area contributed by atoms with Crippen LogP contribution in [-0.2, 0) is 6.54 Å². The van der Waals surface area contributed by atoms with Gasteiger partial charge in [0.05, 0.1) is 5.69 Å². The first-order valence-electron chi connectivity index (χ1n) is 8.29. The first kappa shape index (κ1) is 14.9. The van der Waals surface area contributed by atoms with Gasteiger partial charge in [-0.25, -0.2) is 0 Å². The Balaban J connectivity index is 1.60. The van der Waals surface area contributed by atoms with E-state index in [0.29, 0.717) is 18.0 Å². The average Bonchev–Trinajstić information content (AvgIpc) is 3.05. The molecular formula is C16H28N4O. The number of aromatic nitrogens is 1. The van der Waals surface area contributed by atoms with Crippen molar-refractivity contribution in [1.82, 2.24) is 15.2 Å². The second kappa shape index (κ2) is 6.36. The molecule has 2 saturated heterocycles. The molecule has 0 saturated carbocycles. The van der Waals surface area contributed by atoms with Crippen LogP contribution in [0, 0.1) is 5.92 Å². The van der Waals surface area contributed by atoms with Gasteiger partial charge in [-0.05, 0) is 38.8 Å². The highest BCUT2D eigenvalue weighted by molar-refractivity contribution is 5.31. The Hall–Kier alpha value is -1.07. The van der Waals surface area contributed by atoms with E-state index in [4.69, 9.17) is 4.42 Å². The molecule has 0 radical (unpaired) electrons. The first-order valence-corrected chi connectivity index (χ1v) is 8.29. The molecule has 5 nitrogen and oxygen atoms in total. The zero-order valence-corrected chi connectivity index (χ0v) is 13.5. The van der Waals surface area contributed by atoms with E-state index < -0.39 is 0 Å². The molecule has 21 heavy (non-hydrogen) atoms. The Morgan fingerprint density at radius 2 is 2.29 bits per heavy atom. The lowest BCUT2D eigenvalue weighted by molar-refractivity contribution is 0.197. The molecule has 3 heterocycles. The van der Waals surface area contributed by atoms with Crippen molar-refractivity contribution in [3.8, 4) is 0 Å². The van der Waals surface area contributed by atoms with Crippen molar-refractivity contribution in [2.45, 2.75) is 52.2 Å². The molecule has 2 unspecified atom stereocenters. The highest BCUT2D eigenvalue weighted by atomic mass is 16.4. The molecule has 0 aliphatic carbocycles. The molecule has 0 aromatic carbocycles. The SMILES string of the molecule is CC(C)CNCc1coc(N2CC3CCCN3CC2C)n1. The van der Waals surface area contributed by atoms with Gasteiger partial charge in [0, 0.05) is 31.7 Å². The maximum atomic E-state index is 5.74. The molecule has 0 amide bonds. The molecule has 1 aromatic rings. The highest BCUT2D eigenvalue weighted by Crippen LogP contribution is 2.28. The summed E-state index contributed by atoms with van der Waals surface area (Å²) in [6, 6.07) is 1.97. The molecule has 1 aromatic heterocycles. The summed E-state index contributed by atoms with van der Waals surface area (Å²) in [6.45, 7) is 12.0. The summed E-state index contributed by atoms with van der Waals surface area (Å²) < 4.78 is 5.74. The van der Waals surface area contributed by atoms with Crippen molar-refractivity contribution in [3.63, 3.8) is 0 Å². The zero-order chi connectivity index (χ0) is 14.8. The number of piperazine rings is 1. The van der Waals surface area contributed by atoms with Gasteiger partial charge in [0.2, 0.25) is 0 Å². The molecule has 5 heteroatoms. The Kier molecular flexibility index (Phi) is 4.50. The number of fused-ring (bicyclic) bond motifs is 1. The minimum Gasteiger partial charge on any atom is -0.432 e. The van der Waals surface area contributed by atoms with Crippen LogP contribution in [0.2, 0.25) is 0 Å².